The highest BCUT2D eigenvalue weighted by molar-refractivity contribution is 7.99. The van der Waals surface area contributed by atoms with Crippen molar-refractivity contribution in [2.45, 2.75) is 23.1 Å². The molecule has 1 fully saturated rings. The Balaban J connectivity index is 1.58. The molecule has 0 aliphatic heterocycles. The topological polar surface area (TPSA) is 3.24 Å². The summed E-state index contributed by atoms with van der Waals surface area (Å²) in [7, 11) is 2.22. The van der Waals surface area contributed by atoms with Crippen LogP contribution >= 0.6 is 23.4 Å². The minimum absolute atomic E-state index is 0.451. The monoisotopic (exact) mass is 269 g/mol. The highest BCUT2D eigenvalue weighted by Crippen LogP contribution is 2.32. The van der Waals surface area contributed by atoms with E-state index in [0.29, 0.717) is 5.38 Å². The maximum atomic E-state index is 5.99. The number of rotatable bonds is 6. The Bertz CT molecular complexity index is 324. The second-order valence-electron chi connectivity index (χ2n) is 4.86. The molecule has 1 aromatic rings. The second kappa shape index (κ2) is 6.67. The average Bonchev–Trinajstić information content (AvgIpc) is 2.28. The fourth-order valence-corrected chi connectivity index (χ4v) is 3.66. The first-order valence-electron chi connectivity index (χ1n) is 6.24. The Labute approximate surface area is 114 Å². The minimum atomic E-state index is 0.451. The number of halogens is 1. The van der Waals surface area contributed by atoms with Crippen molar-refractivity contribution in [3.63, 3.8) is 0 Å². The van der Waals surface area contributed by atoms with Gasteiger partial charge in [0.1, 0.15) is 0 Å². The Morgan fingerprint density at radius 1 is 1.29 bits per heavy atom. The van der Waals surface area contributed by atoms with E-state index in [9.17, 15) is 0 Å². The molecule has 1 nitrogen and oxygen atoms in total. The molecule has 0 bridgehead atoms. The van der Waals surface area contributed by atoms with Crippen molar-refractivity contribution in [2.75, 3.05) is 25.9 Å². The fraction of sp³-hybridized carbons (Fsp3) is 0.571. The van der Waals surface area contributed by atoms with Crippen LogP contribution in [-0.2, 0) is 0 Å². The summed E-state index contributed by atoms with van der Waals surface area (Å²) in [6.45, 7) is 2.36. The summed E-state index contributed by atoms with van der Waals surface area (Å²) in [6.07, 6.45) is 2.41. The third-order valence-corrected chi connectivity index (χ3v) is 4.58. The first-order valence-corrected chi connectivity index (χ1v) is 7.66. The van der Waals surface area contributed by atoms with Gasteiger partial charge in [0.25, 0.3) is 0 Å². The molecule has 1 aliphatic carbocycles. The molecule has 0 radical (unpaired) electrons. The highest BCUT2D eigenvalue weighted by atomic mass is 35.5. The first kappa shape index (κ1) is 13.3. The smallest absolute Gasteiger partial charge is 0.0342 e. The van der Waals surface area contributed by atoms with E-state index in [4.69, 9.17) is 11.6 Å². The lowest BCUT2D eigenvalue weighted by atomic mass is 9.84. The number of thioether (sulfide) groups is 1. The van der Waals surface area contributed by atoms with Gasteiger partial charge in [-0.3, -0.25) is 0 Å². The molecule has 0 heterocycles. The summed E-state index contributed by atoms with van der Waals surface area (Å²) < 4.78 is 0. The standard InChI is InChI=1S/C14H20ClNS/c1-16(11-12-9-13(15)10-12)7-8-17-14-5-3-2-4-6-14/h2-6,12-13H,7-11H2,1H3. The van der Waals surface area contributed by atoms with E-state index in [1.165, 1.54) is 24.3 Å². The zero-order valence-corrected chi connectivity index (χ0v) is 11.9. The van der Waals surface area contributed by atoms with Crippen molar-refractivity contribution in [3.8, 4) is 0 Å². The summed E-state index contributed by atoms with van der Waals surface area (Å²) in [5, 5.41) is 0.451. The summed E-state index contributed by atoms with van der Waals surface area (Å²) in [5.74, 6) is 2.00. The normalized spacial score (nSPS) is 23.7. The fourth-order valence-electron chi connectivity index (χ4n) is 2.17. The average molecular weight is 270 g/mol. The second-order valence-corrected chi connectivity index (χ2v) is 6.64. The van der Waals surface area contributed by atoms with Crippen molar-refractivity contribution < 1.29 is 0 Å². The Kier molecular flexibility index (Phi) is 5.20. The van der Waals surface area contributed by atoms with Crippen LogP contribution in [0.15, 0.2) is 35.2 Å². The van der Waals surface area contributed by atoms with Gasteiger partial charge >= 0.3 is 0 Å². The predicted molar refractivity (Wildman–Crippen MR) is 77.0 cm³/mol. The molecule has 0 amide bonds. The van der Waals surface area contributed by atoms with E-state index in [-0.39, 0.29) is 0 Å². The molecule has 17 heavy (non-hydrogen) atoms. The molecule has 3 heteroatoms. The van der Waals surface area contributed by atoms with Gasteiger partial charge in [0, 0.05) is 29.1 Å². The van der Waals surface area contributed by atoms with Crippen LogP contribution in [-0.4, -0.2) is 36.2 Å². The minimum Gasteiger partial charge on any atom is -0.305 e. The van der Waals surface area contributed by atoms with Crippen molar-refractivity contribution >= 4 is 23.4 Å². The molecular weight excluding hydrogens is 250 g/mol. The molecular formula is C14H20ClNS. The molecule has 2 rings (SSSR count). The van der Waals surface area contributed by atoms with Gasteiger partial charge in [0.2, 0.25) is 0 Å². The van der Waals surface area contributed by atoms with Crippen LogP contribution in [0.5, 0.6) is 0 Å². The number of hydrogen-bond donors (Lipinski definition) is 0. The SMILES string of the molecule is CN(CCSc1ccccc1)CC1CC(Cl)C1. The molecule has 0 aromatic heterocycles. The number of alkyl halides is 1. The van der Waals surface area contributed by atoms with E-state index in [2.05, 4.69) is 42.3 Å². The van der Waals surface area contributed by atoms with Crippen LogP contribution in [0.4, 0.5) is 0 Å². The van der Waals surface area contributed by atoms with Crippen LogP contribution < -0.4 is 0 Å². The molecule has 0 saturated heterocycles. The summed E-state index contributed by atoms with van der Waals surface area (Å²) in [4.78, 5) is 3.80. The third-order valence-electron chi connectivity index (χ3n) is 3.23. The van der Waals surface area contributed by atoms with Gasteiger partial charge in [-0.15, -0.1) is 23.4 Å². The summed E-state index contributed by atoms with van der Waals surface area (Å²) in [6, 6.07) is 10.6. The zero-order valence-electron chi connectivity index (χ0n) is 10.3. The van der Waals surface area contributed by atoms with Crippen molar-refractivity contribution in [1.82, 2.24) is 4.90 Å². The van der Waals surface area contributed by atoms with E-state index in [0.717, 1.165) is 18.2 Å². The molecule has 0 atom stereocenters. The van der Waals surface area contributed by atoms with Crippen LogP contribution in [0, 0.1) is 5.92 Å². The van der Waals surface area contributed by atoms with Crippen molar-refractivity contribution in [1.29, 1.82) is 0 Å². The lowest BCUT2D eigenvalue weighted by Gasteiger charge is -2.34. The lowest BCUT2D eigenvalue weighted by Crippen LogP contribution is -2.35. The molecule has 0 unspecified atom stereocenters. The van der Waals surface area contributed by atoms with Crippen molar-refractivity contribution in [3.05, 3.63) is 30.3 Å². The van der Waals surface area contributed by atoms with Crippen LogP contribution in [0.3, 0.4) is 0 Å². The first-order chi connectivity index (χ1) is 8.24. The lowest BCUT2D eigenvalue weighted by molar-refractivity contribution is 0.217. The number of nitrogens with zero attached hydrogens (tertiary/aromatic N) is 1. The largest absolute Gasteiger partial charge is 0.305 e. The van der Waals surface area contributed by atoms with E-state index < -0.39 is 0 Å². The number of benzene rings is 1. The number of hydrogen-bond acceptors (Lipinski definition) is 2. The van der Waals surface area contributed by atoms with E-state index >= 15 is 0 Å². The summed E-state index contributed by atoms with van der Waals surface area (Å²) in [5.41, 5.74) is 0. The quantitative estimate of drug-likeness (QED) is 0.572. The van der Waals surface area contributed by atoms with E-state index in [1.54, 1.807) is 0 Å². The van der Waals surface area contributed by atoms with Gasteiger partial charge in [-0.05, 0) is 37.9 Å². The Morgan fingerprint density at radius 2 is 2.00 bits per heavy atom. The maximum absolute atomic E-state index is 5.99. The molecule has 0 N–H and O–H groups in total. The van der Waals surface area contributed by atoms with E-state index in [1.807, 2.05) is 11.8 Å². The molecule has 94 valence electrons. The van der Waals surface area contributed by atoms with Gasteiger partial charge in [0.15, 0.2) is 0 Å². The van der Waals surface area contributed by atoms with Gasteiger partial charge in [-0.2, -0.15) is 0 Å². The highest BCUT2D eigenvalue weighted by Gasteiger charge is 2.27. The van der Waals surface area contributed by atoms with Gasteiger partial charge in [-0.25, -0.2) is 0 Å². The predicted octanol–water partition coefficient (Wildman–Crippen LogP) is 3.73. The maximum Gasteiger partial charge on any atom is 0.0342 e. The van der Waals surface area contributed by atoms with Crippen LogP contribution in [0.2, 0.25) is 0 Å². The molecule has 0 spiro atoms. The third kappa shape index (κ3) is 4.53. The van der Waals surface area contributed by atoms with Crippen molar-refractivity contribution in [2.24, 2.45) is 5.92 Å². The Morgan fingerprint density at radius 3 is 2.65 bits per heavy atom. The zero-order chi connectivity index (χ0) is 12.1. The van der Waals surface area contributed by atoms with Gasteiger partial charge in [-0.1, -0.05) is 18.2 Å². The Hall–Kier alpha value is -0.180. The molecule has 1 saturated carbocycles. The van der Waals surface area contributed by atoms with Gasteiger partial charge < -0.3 is 4.90 Å². The van der Waals surface area contributed by atoms with Crippen LogP contribution in [0.1, 0.15) is 12.8 Å². The molecule has 1 aliphatic rings. The van der Waals surface area contributed by atoms with Gasteiger partial charge in [0.05, 0.1) is 0 Å². The van der Waals surface area contributed by atoms with Crippen LogP contribution in [0.25, 0.3) is 0 Å². The molecule has 1 aromatic carbocycles. The summed E-state index contributed by atoms with van der Waals surface area (Å²) >= 11 is 7.92.